The molecule has 0 spiro atoms. The topological polar surface area (TPSA) is 84.3 Å². The lowest BCUT2D eigenvalue weighted by Gasteiger charge is -2.39. The van der Waals surface area contributed by atoms with Gasteiger partial charge in [-0.1, -0.05) is 32.9 Å². The maximum absolute atomic E-state index is 14.9. The van der Waals surface area contributed by atoms with E-state index in [1.165, 1.54) is 12.1 Å². The van der Waals surface area contributed by atoms with Crippen molar-refractivity contribution < 1.29 is 23.4 Å². The van der Waals surface area contributed by atoms with Gasteiger partial charge >= 0.3 is 0 Å². The molecule has 4 unspecified atom stereocenters. The van der Waals surface area contributed by atoms with Crippen LogP contribution < -0.4 is 5.32 Å². The number of nitrogens with one attached hydrogen (secondary N) is 1. The summed E-state index contributed by atoms with van der Waals surface area (Å²) in [6.07, 6.45) is 5.22. The van der Waals surface area contributed by atoms with Gasteiger partial charge in [0.2, 0.25) is 0 Å². The van der Waals surface area contributed by atoms with Crippen molar-refractivity contribution >= 4 is 11.6 Å². The highest BCUT2D eigenvalue weighted by atomic mass is 19.1. The van der Waals surface area contributed by atoms with Crippen LogP contribution in [0.2, 0.25) is 0 Å². The number of aromatic nitrogens is 2. The molecule has 1 aliphatic carbocycles. The summed E-state index contributed by atoms with van der Waals surface area (Å²) in [5.74, 6) is -1.23. The molecular weight excluding hydrogens is 488 g/mol. The van der Waals surface area contributed by atoms with Gasteiger partial charge in [0.15, 0.2) is 0 Å². The monoisotopic (exact) mass is 523 g/mol. The first-order valence-corrected chi connectivity index (χ1v) is 13.1. The third-order valence-electron chi connectivity index (χ3n) is 7.48. The third kappa shape index (κ3) is 5.92. The second kappa shape index (κ2) is 12.1. The fourth-order valence-corrected chi connectivity index (χ4v) is 5.60. The van der Waals surface area contributed by atoms with E-state index in [0.717, 1.165) is 18.1 Å². The molecule has 2 aromatic heterocycles. The van der Waals surface area contributed by atoms with Gasteiger partial charge in [0.25, 0.3) is 5.91 Å². The number of amides is 1. The van der Waals surface area contributed by atoms with Crippen LogP contribution in [-0.2, 0) is 11.2 Å². The number of benzene rings is 1. The van der Waals surface area contributed by atoms with Crippen LogP contribution in [0.15, 0.2) is 48.8 Å². The van der Waals surface area contributed by atoms with Gasteiger partial charge in [0.1, 0.15) is 23.0 Å². The summed E-state index contributed by atoms with van der Waals surface area (Å²) < 4.78 is 35.5. The molecule has 1 saturated carbocycles. The summed E-state index contributed by atoms with van der Waals surface area (Å²) in [5, 5.41) is 12.7. The lowest BCUT2D eigenvalue weighted by molar-refractivity contribution is -0.0306. The van der Waals surface area contributed by atoms with Crippen LogP contribution in [0.5, 0.6) is 0 Å². The quantitative estimate of drug-likeness (QED) is 0.378. The van der Waals surface area contributed by atoms with E-state index >= 15 is 0 Å². The van der Waals surface area contributed by atoms with Crippen LogP contribution in [0.4, 0.5) is 14.5 Å². The summed E-state index contributed by atoms with van der Waals surface area (Å²) in [4.78, 5) is 21.8. The van der Waals surface area contributed by atoms with Gasteiger partial charge in [-0.05, 0) is 72.4 Å². The SMILES string of the molecule is COC1CC(c2ccncc2NC(=O)c2ccc(F)c(-c3c(F)cccc3CC(C)C)n2)CC(C)C1CO. The number of nitrogens with zero attached hydrogens (tertiary/aromatic N) is 2. The van der Waals surface area contributed by atoms with E-state index in [1.807, 2.05) is 19.9 Å². The number of halogens is 2. The Balaban J connectivity index is 1.63. The standard InChI is InChI=1S/C30H35F2N3O3/c1-17(2)12-19-6-5-7-23(31)28(19)29-24(32)8-9-25(34-29)30(37)35-26-15-33-11-10-21(26)20-13-18(3)22(16-36)27(14-20)38-4/h5-11,15,17-18,20,22,27,36H,12-14,16H2,1-4H3,(H,35,37). The summed E-state index contributed by atoms with van der Waals surface area (Å²) in [7, 11) is 1.65. The first-order chi connectivity index (χ1) is 18.2. The highest BCUT2D eigenvalue weighted by Crippen LogP contribution is 2.42. The maximum Gasteiger partial charge on any atom is 0.274 e. The molecule has 4 atom stereocenters. The molecule has 1 fully saturated rings. The zero-order valence-electron chi connectivity index (χ0n) is 22.2. The van der Waals surface area contributed by atoms with Gasteiger partial charge in [-0.3, -0.25) is 9.78 Å². The smallest absolute Gasteiger partial charge is 0.274 e. The van der Waals surface area contributed by atoms with Crippen molar-refractivity contribution in [3.63, 3.8) is 0 Å². The summed E-state index contributed by atoms with van der Waals surface area (Å²) in [5.41, 5.74) is 1.95. The number of hydrogen-bond donors (Lipinski definition) is 2. The molecule has 3 aromatic rings. The van der Waals surface area contributed by atoms with Gasteiger partial charge in [-0.15, -0.1) is 0 Å². The lowest BCUT2D eigenvalue weighted by atomic mass is 9.71. The Bertz CT molecular complexity index is 1280. The number of carbonyl (C=O) groups excluding carboxylic acids is 1. The van der Waals surface area contributed by atoms with E-state index in [1.54, 1.807) is 31.6 Å². The van der Waals surface area contributed by atoms with Crippen molar-refractivity contribution in [2.24, 2.45) is 17.8 Å². The van der Waals surface area contributed by atoms with Crippen LogP contribution in [-0.4, -0.2) is 40.8 Å². The molecule has 1 aromatic carbocycles. The minimum atomic E-state index is -0.695. The van der Waals surface area contributed by atoms with Gasteiger partial charge in [0, 0.05) is 31.4 Å². The first kappa shape index (κ1) is 27.8. The lowest BCUT2D eigenvalue weighted by Crippen LogP contribution is -2.38. The van der Waals surface area contributed by atoms with Crippen molar-refractivity contribution in [2.75, 3.05) is 19.0 Å². The predicted molar refractivity (Wildman–Crippen MR) is 143 cm³/mol. The average Bonchev–Trinajstić information content (AvgIpc) is 2.89. The molecule has 8 heteroatoms. The van der Waals surface area contributed by atoms with Crippen molar-refractivity contribution in [1.82, 2.24) is 9.97 Å². The number of carbonyl (C=O) groups is 1. The Kier molecular flexibility index (Phi) is 8.84. The Morgan fingerprint density at radius 1 is 1.16 bits per heavy atom. The highest BCUT2D eigenvalue weighted by molar-refractivity contribution is 6.03. The van der Waals surface area contributed by atoms with Gasteiger partial charge in [0.05, 0.1) is 18.0 Å². The predicted octanol–water partition coefficient (Wildman–Crippen LogP) is 6.01. The number of pyridine rings is 2. The van der Waals surface area contributed by atoms with Crippen molar-refractivity contribution in [3.05, 3.63) is 77.2 Å². The van der Waals surface area contributed by atoms with E-state index in [4.69, 9.17) is 4.74 Å². The summed E-state index contributed by atoms with van der Waals surface area (Å²) >= 11 is 0. The molecule has 2 heterocycles. The minimum absolute atomic E-state index is 0.0259. The van der Waals surface area contributed by atoms with Crippen LogP contribution in [0.1, 0.15) is 61.1 Å². The molecule has 0 bridgehead atoms. The Labute approximate surface area is 222 Å². The molecule has 0 saturated heterocycles. The fourth-order valence-electron chi connectivity index (χ4n) is 5.60. The Morgan fingerprint density at radius 2 is 1.95 bits per heavy atom. The van der Waals surface area contributed by atoms with Gasteiger partial charge in [-0.25, -0.2) is 13.8 Å². The Hall–Kier alpha value is -3.23. The first-order valence-electron chi connectivity index (χ1n) is 13.1. The van der Waals surface area contributed by atoms with Gasteiger partial charge in [-0.2, -0.15) is 0 Å². The van der Waals surface area contributed by atoms with Crippen molar-refractivity contribution in [1.29, 1.82) is 0 Å². The van der Waals surface area contributed by atoms with Crippen molar-refractivity contribution in [3.8, 4) is 11.3 Å². The van der Waals surface area contributed by atoms with Gasteiger partial charge < -0.3 is 15.2 Å². The van der Waals surface area contributed by atoms with Crippen LogP contribution in [0, 0.1) is 29.4 Å². The van der Waals surface area contributed by atoms with Crippen molar-refractivity contribution in [2.45, 2.75) is 52.1 Å². The molecule has 0 aliphatic heterocycles. The van der Waals surface area contributed by atoms with E-state index in [2.05, 4.69) is 22.2 Å². The second-order valence-electron chi connectivity index (χ2n) is 10.6. The molecule has 38 heavy (non-hydrogen) atoms. The third-order valence-corrected chi connectivity index (χ3v) is 7.48. The van der Waals surface area contributed by atoms with E-state index in [9.17, 15) is 18.7 Å². The number of anilines is 1. The number of aliphatic hydroxyl groups is 1. The zero-order chi connectivity index (χ0) is 27.4. The molecule has 2 N–H and O–H groups in total. The minimum Gasteiger partial charge on any atom is -0.396 e. The molecule has 4 rings (SSSR count). The fraction of sp³-hybridized carbons (Fsp3) is 0.433. The molecule has 0 radical (unpaired) electrons. The summed E-state index contributed by atoms with van der Waals surface area (Å²) in [6.45, 7) is 6.16. The summed E-state index contributed by atoms with van der Waals surface area (Å²) in [6, 6.07) is 8.94. The maximum atomic E-state index is 14.9. The van der Waals surface area contributed by atoms with E-state index < -0.39 is 17.5 Å². The number of rotatable bonds is 8. The van der Waals surface area contributed by atoms with E-state index in [0.29, 0.717) is 24.1 Å². The number of ether oxygens (including phenoxy) is 1. The molecule has 6 nitrogen and oxygen atoms in total. The molecule has 202 valence electrons. The average molecular weight is 524 g/mol. The van der Waals surface area contributed by atoms with Crippen LogP contribution in [0.3, 0.4) is 0 Å². The Morgan fingerprint density at radius 3 is 2.66 bits per heavy atom. The largest absolute Gasteiger partial charge is 0.396 e. The van der Waals surface area contributed by atoms with Crippen LogP contribution >= 0.6 is 0 Å². The van der Waals surface area contributed by atoms with Crippen LogP contribution in [0.25, 0.3) is 11.3 Å². The number of methoxy groups -OCH3 is 1. The zero-order valence-corrected chi connectivity index (χ0v) is 22.2. The molecule has 1 amide bonds. The molecular formula is C30H35F2N3O3. The number of aliphatic hydroxyl groups excluding tert-OH is 1. The highest BCUT2D eigenvalue weighted by Gasteiger charge is 2.36. The van der Waals surface area contributed by atoms with E-state index in [-0.39, 0.29) is 53.3 Å². The molecule has 1 aliphatic rings. The normalized spacial score (nSPS) is 21.5. The number of hydrogen-bond acceptors (Lipinski definition) is 5. The second-order valence-corrected chi connectivity index (χ2v) is 10.6.